The van der Waals surface area contributed by atoms with Crippen LogP contribution in [0.3, 0.4) is 0 Å². The van der Waals surface area contributed by atoms with Crippen molar-refractivity contribution in [1.29, 1.82) is 0 Å². The second kappa shape index (κ2) is 4.84. The Morgan fingerprint density at radius 1 is 1.11 bits per heavy atom. The van der Waals surface area contributed by atoms with Gasteiger partial charge in [-0.15, -0.1) is 0 Å². The Bertz CT molecular complexity index is 548. The van der Waals surface area contributed by atoms with Crippen molar-refractivity contribution in [3.05, 3.63) is 40.5 Å². The maximum atomic E-state index is 6.07. The number of nitrogens with zero attached hydrogens (tertiary/aromatic N) is 1. The van der Waals surface area contributed by atoms with Crippen LogP contribution in [0.5, 0.6) is 0 Å². The van der Waals surface area contributed by atoms with Gasteiger partial charge < -0.3 is 4.74 Å². The average molecular weight is 255 g/mol. The quantitative estimate of drug-likeness (QED) is 0.717. The van der Waals surface area contributed by atoms with E-state index in [2.05, 4.69) is 39.0 Å². The summed E-state index contributed by atoms with van der Waals surface area (Å²) < 4.78 is 6.07. The first-order valence-electron chi connectivity index (χ1n) is 7.18. The Balaban J connectivity index is 1.99. The highest BCUT2D eigenvalue weighted by Crippen LogP contribution is 2.36. The molecule has 1 atom stereocenters. The summed E-state index contributed by atoms with van der Waals surface area (Å²) in [6.07, 6.45) is 5.21. The summed E-state index contributed by atoms with van der Waals surface area (Å²) in [4.78, 5) is 4.80. The summed E-state index contributed by atoms with van der Waals surface area (Å²) in [7, 11) is 0. The number of aliphatic imine (C=N–C) groups is 1. The smallest absolute Gasteiger partial charge is 0.217 e. The zero-order valence-corrected chi connectivity index (χ0v) is 12.0. The molecule has 1 aromatic carbocycles. The molecule has 1 aromatic rings. The number of rotatable bonds is 1. The van der Waals surface area contributed by atoms with Crippen molar-refractivity contribution in [2.75, 3.05) is 0 Å². The van der Waals surface area contributed by atoms with Gasteiger partial charge in [-0.3, -0.25) is 0 Å². The zero-order valence-electron chi connectivity index (χ0n) is 12.0. The highest BCUT2D eigenvalue weighted by molar-refractivity contribution is 5.98. The van der Waals surface area contributed by atoms with Gasteiger partial charge in [-0.1, -0.05) is 18.2 Å². The van der Waals surface area contributed by atoms with E-state index in [-0.39, 0.29) is 0 Å². The van der Waals surface area contributed by atoms with Crippen LogP contribution in [0.25, 0.3) is 0 Å². The first kappa shape index (κ1) is 12.5. The predicted molar refractivity (Wildman–Crippen MR) is 79.1 cm³/mol. The van der Waals surface area contributed by atoms with Crippen LogP contribution in [0.15, 0.2) is 34.3 Å². The van der Waals surface area contributed by atoms with Gasteiger partial charge in [0.2, 0.25) is 5.90 Å². The van der Waals surface area contributed by atoms with E-state index in [1.54, 1.807) is 0 Å². The number of aryl methyl sites for hydroxylation is 2. The molecule has 19 heavy (non-hydrogen) atoms. The van der Waals surface area contributed by atoms with Gasteiger partial charge in [0, 0.05) is 5.57 Å². The van der Waals surface area contributed by atoms with Crippen molar-refractivity contribution in [2.45, 2.75) is 52.6 Å². The van der Waals surface area contributed by atoms with Gasteiger partial charge in [0.15, 0.2) is 0 Å². The van der Waals surface area contributed by atoms with E-state index in [0.29, 0.717) is 6.10 Å². The molecule has 0 bridgehead atoms. The number of para-hydroxylation sites is 1. The molecule has 1 fully saturated rings. The SMILES string of the molecule is CC1=C2CCCCC2OC1=Nc1c(C)cccc1C. The highest BCUT2D eigenvalue weighted by Gasteiger charge is 2.31. The van der Waals surface area contributed by atoms with Crippen molar-refractivity contribution in [3.63, 3.8) is 0 Å². The molecule has 1 saturated carbocycles. The van der Waals surface area contributed by atoms with Crippen molar-refractivity contribution < 1.29 is 4.74 Å². The normalized spacial score (nSPS) is 24.6. The number of fused-ring (bicyclic) bond motifs is 1. The van der Waals surface area contributed by atoms with E-state index in [0.717, 1.165) is 18.0 Å². The monoisotopic (exact) mass is 255 g/mol. The molecule has 0 aromatic heterocycles. The Hall–Kier alpha value is -1.57. The number of hydrogen-bond donors (Lipinski definition) is 0. The van der Waals surface area contributed by atoms with Crippen molar-refractivity contribution >= 4 is 11.6 Å². The van der Waals surface area contributed by atoms with E-state index in [1.165, 1.54) is 41.5 Å². The Kier molecular flexibility index (Phi) is 3.17. The van der Waals surface area contributed by atoms with E-state index in [4.69, 9.17) is 9.73 Å². The maximum absolute atomic E-state index is 6.07. The standard InChI is InChI=1S/C17H21NO/c1-11-7-6-8-12(2)16(11)18-17-13(3)14-9-4-5-10-15(14)19-17/h6-8,15H,4-5,9-10H2,1-3H3. The second-order valence-corrected chi connectivity index (χ2v) is 5.66. The lowest BCUT2D eigenvalue weighted by molar-refractivity contribution is 0.207. The number of benzene rings is 1. The largest absolute Gasteiger partial charge is 0.470 e. The Morgan fingerprint density at radius 2 is 1.84 bits per heavy atom. The van der Waals surface area contributed by atoms with Gasteiger partial charge >= 0.3 is 0 Å². The summed E-state index contributed by atoms with van der Waals surface area (Å²) in [5, 5.41) is 0. The molecule has 2 nitrogen and oxygen atoms in total. The van der Waals surface area contributed by atoms with Gasteiger partial charge in [0.1, 0.15) is 6.10 Å². The summed E-state index contributed by atoms with van der Waals surface area (Å²) >= 11 is 0. The second-order valence-electron chi connectivity index (χ2n) is 5.66. The van der Waals surface area contributed by atoms with Crippen LogP contribution in [0.1, 0.15) is 43.7 Å². The fraction of sp³-hybridized carbons (Fsp3) is 0.471. The molecule has 0 spiro atoms. The molecular weight excluding hydrogens is 234 g/mol. The van der Waals surface area contributed by atoms with Crippen molar-refractivity contribution in [2.24, 2.45) is 4.99 Å². The maximum Gasteiger partial charge on any atom is 0.217 e. The summed E-state index contributed by atoms with van der Waals surface area (Å²) in [6, 6.07) is 6.29. The number of ether oxygens (including phenoxy) is 1. The molecule has 0 radical (unpaired) electrons. The average Bonchev–Trinajstić information content (AvgIpc) is 2.72. The molecule has 2 aliphatic rings. The lowest BCUT2D eigenvalue weighted by atomic mass is 9.91. The number of hydrogen-bond acceptors (Lipinski definition) is 2. The molecule has 0 saturated heterocycles. The third-order valence-corrected chi connectivity index (χ3v) is 4.26. The first-order valence-corrected chi connectivity index (χ1v) is 7.18. The summed E-state index contributed by atoms with van der Waals surface area (Å²) in [5.74, 6) is 0.847. The van der Waals surface area contributed by atoms with Crippen LogP contribution in [-0.2, 0) is 4.74 Å². The van der Waals surface area contributed by atoms with Crippen LogP contribution in [-0.4, -0.2) is 12.0 Å². The van der Waals surface area contributed by atoms with Gasteiger partial charge in [-0.05, 0) is 63.2 Å². The minimum atomic E-state index is 0.303. The minimum Gasteiger partial charge on any atom is -0.470 e. The van der Waals surface area contributed by atoms with Gasteiger partial charge in [-0.2, -0.15) is 0 Å². The van der Waals surface area contributed by atoms with Gasteiger partial charge in [-0.25, -0.2) is 4.99 Å². The van der Waals surface area contributed by atoms with E-state index < -0.39 is 0 Å². The fourth-order valence-corrected chi connectivity index (χ4v) is 3.09. The van der Waals surface area contributed by atoms with Gasteiger partial charge in [0.05, 0.1) is 5.69 Å². The van der Waals surface area contributed by atoms with Crippen LogP contribution in [0.2, 0.25) is 0 Å². The zero-order chi connectivity index (χ0) is 13.4. The van der Waals surface area contributed by atoms with Crippen LogP contribution < -0.4 is 0 Å². The third kappa shape index (κ3) is 2.20. The van der Waals surface area contributed by atoms with Crippen LogP contribution in [0, 0.1) is 13.8 Å². The highest BCUT2D eigenvalue weighted by atomic mass is 16.5. The first-order chi connectivity index (χ1) is 9.16. The molecule has 3 rings (SSSR count). The topological polar surface area (TPSA) is 21.6 Å². The van der Waals surface area contributed by atoms with Crippen molar-refractivity contribution in [1.82, 2.24) is 0 Å². The summed E-state index contributed by atoms with van der Waals surface area (Å²) in [6.45, 7) is 6.38. The van der Waals surface area contributed by atoms with E-state index >= 15 is 0 Å². The Morgan fingerprint density at radius 3 is 2.53 bits per heavy atom. The molecule has 1 heterocycles. The minimum absolute atomic E-state index is 0.303. The van der Waals surface area contributed by atoms with Crippen molar-refractivity contribution in [3.8, 4) is 0 Å². The molecule has 1 unspecified atom stereocenters. The van der Waals surface area contributed by atoms with Crippen LogP contribution in [0.4, 0.5) is 5.69 Å². The Labute approximate surface area is 115 Å². The molecule has 1 aliphatic carbocycles. The molecule has 0 amide bonds. The lowest BCUT2D eigenvalue weighted by Gasteiger charge is -2.19. The van der Waals surface area contributed by atoms with Crippen LogP contribution >= 0.6 is 0 Å². The fourth-order valence-electron chi connectivity index (χ4n) is 3.09. The lowest BCUT2D eigenvalue weighted by Crippen LogP contribution is -2.15. The molecule has 100 valence electrons. The van der Waals surface area contributed by atoms with E-state index in [9.17, 15) is 0 Å². The van der Waals surface area contributed by atoms with Gasteiger partial charge in [0.25, 0.3) is 0 Å². The summed E-state index contributed by atoms with van der Waals surface area (Å²) in [5.41, 5.74) is 6.24. The molecule has 2 heteroatoms. The third-order valence-electron chi connectivity index (χ3n) is 4.26. The molecular formula is C17H21NO. The predicted octanol–water partition coefficient (Wildman–Crippen LogP) is 4.62. The van der Waals surface area contributed by atoms with E-state index in [1.807, 2.05) is 0 Å². The molecule has 0 N–H and O–H groups in total. The molecule has 1 aliphatic heterocycles.